The highest BCUT2D eigenvalue weighted by Gasteiger charge is 2.30. The molecular formula is C9H20OSi. The highest BCUT2D eigenvalue weighted by atomic mass is 28.3. The lowest BCUT2D eigenvalue weighted by Gasteiger charge is -2.34. The van der Waals surface area contributed by atoms with Gasteiger partial charge in [-0.05, 0) is 18.4 Å². The van der Waals surface area contributed by atoms with E-state index in [1.165, 1.54) is 12.8 Å². The zero-order valence-corrected chi connectivity index (χ0v) is 8.93. The Kier molecular flexibility index (Phi) is 2.76. The topological polar surface area (TPSA) is 20.2 Å². The Labute approximate surface area is 70.8 Å². The van der Waals surface area contributed by atoms with Gasteiger partial charge in [0, 0.05) is 8.07 Å². The second-order valence-corrected chi connectivity index (χ2v) is 10.4. The van der Waals surface area contributed by atoms with E-state index in [4.69, 9.17) is 0 Å². The predicted octanol–water partition coefficient (Wildman–Crippen LogP) is 2.63. The van der Waals surface area contributed by atoms with Gasteiger partial charge in [-0.25, -0.2) is 0 Å². The van der Waals surface area contributed by atoms with Crippen LogP contribution in [0, 0.1) is 0 Å². The number of rotatable bonds is 1. The summed E-state index contributed by atoms with van der Waals surface area (Å²) < 4.78 is 0. The molecular weight excluding hydrogens is 152 g/mol. The minimum Gasteiger partial charge on any atom is -0.393 e. The first kappa shape index (κ1) is 9.27. The van der Waals surface area contributed by atoms with Gasteiger partial charge in [-0.2, -0.15) is 0 Å². The van der Waals surface area contributed by atoms with E-state index in [1.54, 1.807) is 0 Å². The fourth-order valence-corrected chi connectivity index (χ4v) is 4.01. The van der Waals surface area contributed by atoms with Crippen LogP contribution in [0.4, 0.5) is 0 Å². The summed E-state index contributed by atoms with van der Waals surface area (Å²) in [5.41, 5.74) is 0.964. The van der Waals surface area contributed by atoms with Gasteiger partial charge in [-0.1, -0.05) is 32.5 Å². The maximum atomic E-state index is 9.31. The third-order valence-electron chi connectivity index (χ3n) is 2.92. The fraction of sp³-hybridized carbons (Fsp3) is 1.00. The molecule has 0 aromatic rings. The average Bonchev–Trinajstić information content (AvgIpc) is 1.86. The van der Waals surface area contributed by atoms with Crippen LogP contribution in [0.2, 0.25) is 25.2 Å². The third-order valence-corrected chi connectivity index (χ3v) is 5.95. The van der Waals surface area contributed by atoms with Crippen molar-refractivity contribution in [2.45, 2.75) is 57.0 Å². The van der Waals surface area contributed by atoms with Crippen LogP contribution in [0.15, 0.2) is 0 Å². The molecule has 0 saturated heterocycles. The summed E-state index contributed by atoms with van der Waals surface area (Å²) in [6.45, 7) is 7.32. The minimum absolute atomic E-state index is 0.0163. The zero-order valence-electron chi connectivity index (χ0n) is 7.93. The van der Waals surface area contributed by atoms with E-state index in [9.17, 15) is 5.11 Å². The van der Waals surface area contributed by atoms with Crippen LogP contribution in [0.1, 0.15) is 25.7 Å². The molecule has 1 aliphatic carbocycles. The third kappa shape index (κ3) is 2.60. The van der Waals surface area contributed by atoms with Gasteiger partial charge in [0.2, 0.25) is 0 Å². The predicted molar refractivity (Wildman–Crippen MR) is 51.6 cm³/mol. The Morgan fingerprint density at radius 1 is 1.00 bits per heavy atom. The molecule has 0 heterocycles. The van der Waals surface area contributed by atoms with Crippen molar-refractivity contribution in [2.24, 2.45) is 0 Å². The summed E-state index contributed by atoms with van der Waals surface area (Å²) in [4.78, 5) is 0. The second-order valence-electron chi connectivity index (χ2n) is 4.87. The molecule has 0 aliphatic heterocycles. The lowest BCUT2D eigenvalue weighted by atomic mass is 9.97. The SMILES string of the molecule is C[Si](C)(C)C1CCC(O)CC1. The monoisotopic (exact) mass is 172 g/mol. The molecule has 1 N–H and O–H groups in total. The average molecular weight is 172 g/mol. The molecule has 0 atom stereocenters. The Morgan fingerprint density at radius 2 is 1.45 bits per heavy atom. The van der Waals surface area contributed by atoms with E-state index in [0.29, 0.717) is 0 Å². The molecule has 0 amide bonds. The summed E-state index contributed by atoms with van der Waals surface area (Å²) in [6.07, 6.45) is 4.67. The lowest BCUT2D eigenvalue weighted by Crippen LogP contribution is -2.32. The largest absolute Gasteiger partial charge is 0.393 e. The summed E-state index contributed by atoms with van der Waals surface area (Å²) in [5, 5.41) is 9.31. The number of aliphatic hydroxyl groups excluding tert-OH is 1. The molecule has 0 unspecified atom stereocenters. The number of aliphatic hydroxyl groups is 1. The van der Waals surface area contributed by atoms with Crippen LogP contribution in [-0.4, -0.2) is 19.3 Å². The first-order chi connectivity index (χ1) is 5.00. The van der Waals surface area contributed by atoms with Gasteiger partial charge in [-0.15, -0.1) is 0 Å². The maximum absolute atomic E-state index is 9.31. The number of hydrogen-bond acceptors (Lipinski definition) is 1. The molecule has 2 heteroatoms. The van der Waals surface area contributed by atoms with Gasteiger partial charge in [0.15, 0.2) is 0 Å². The summed E-state index contributed by atoms with van der Waals surface area (Å²) in [6, 6.07) is 0. The minimum atomic E-state index is -0.897. The van der Waals surface area contributed by atoms with Crippen LogP contribution in [-0.2, 0) is 0 Å². The van der Waals surface area contributed by atoms with E-state index in [-0.39, 0.29) is 6.10 Å². The van der Waals surface area contributed by atoms with E-state index >= 15 is 0 Å². The molecule has 11 heavy (non-hydrogen) atoms. The molecule has 1 aliphatic rings. The molecule has 66 valence electrons. The summed E-state index contributed by atoms with van der Waals surface area (Å²) in [5.74, 6) is 0. The van der Waals surface area contributed by atoms with E-state index in [0.717, 1.165) is 18.4 Å². The second kappa shape index (κ2) is 3.28. The summed E-state index contributed by atoms with van der Waals surface area (Å²) >= 11 is 0. The van der Waals surface area contributed by atoms with Crippen LogP contribution in [0.5, 0.6) is 0 Å². The van der Waals surface area contributed by atoms with Crippen LogP contribution >= 0.6 is 0 Å². The van der Waals surface area contributed by atoms with Gasteiger partial charge < -0.3 is 5.11 Å². The fourth-order valence-electron chi connectivity index (χ4n) is 1.94. The van der Waals surface area contributed by atoms with Gasteiger partial charge in [0.1, 0.15) is 0 Å². The van der Waals surface area contributed by atoms with Gasteiger partial charge in [0.05, 0.1) is 6.10 Å². The Hall–Kier alpha value is 0.177. The van der Waals surface area contributed by atoms with Crippen molar-refractivity contribution in [3.63, 3.8) is 0 Å². The molecule has 1 nitrogen and oxygen atoms in total. The molecule has 0 spiro atoms. The Balaban J connectivity index is 2.39. The van der Waals surface area contributed by atoms with Crippen molar-refractivity contribution in [2.75, 3.05) is 0 Å². The standard InChI is InChI=1S/C9H20OSi/c1-11(2,3)9-6-4-8(10)5-7-9/h8-10H,4-7H2,1-3H3. The van der Waals surface area contributed by atoms with Crippen molar-refractivity contribution < 1.29 is 5.11 Å². The highest BCUT2D eigenvalue weighted by Crippen LogP contribution is 2.36. The molecule has 0 aromatic carbocycles. The van der Waals surface area contributed by atoms with Crippen LogP contribution in [0.25, 0.3) is 0 Å². The first-order valence-electron chi connectivity index (χ1n) is 4.68. The molecule has 1 saturated carbocycles. The molecule has 1 rings (SSSR count). The van der Waals surface area contributed by atoms with Crippen molar-refractivity contribution in [1.82, 2.24) is 0 Å². The molecule has 0 radical (unpaired) electrons. The normalized spacial score (nSPS) is 33.8. The Morgan fingerprint density at radius 3 is 1.82 bits per heavy atom. The summed E-state index contributed by atoms with van der Waals surface area (Å²) in [7, 11) is -0.897. The maximum Gasteiger partial charge on any atom is 0.0540 e. The molecule has 0 aromatic heterocycles. The smallest absolute Gasteiger partial charge is 0.0540 e. The van der Waals surface area contributed by atoms with E-state index < -0.39 is 8.07 Å². The van der Waals surface area contributed by atoms with Crippen LogP contribution in [0.3, 0.4) is 0 Å². The quantitative estimate of drug-likeness (QED) is 0.603. The van der Waals surface area contributed by atoms with E-state index in [1.807, 2.05) is 0 Å². The van der Waals surface area contributed by atoms with Crippen molar-refractivity contribution in [3.05, 3.63) is 0 Å². The van der Waals surface area contributed by atoms with Crippen molar-refractivity contribution in [3.8, 4) is 0 Å². The first-order valence-corrected chi connectivity index (χ1v) is 8.26. The lowest BCUT2D eigenvalue weighted by molar-refractivity contribution is 0.129. The van der Waals surface area contributed by atoms with Crippen molar-refractivity contribution >= 4 is 8.07 Å². The van der Waals surface area contributed by atoms with E-state index in [2.05, 4.69) is 19.6 Å². The van der Waals surface area contributed by atoms with Gasteiger partial charge >= 0.3 is 0 Å². The molecule has 0 bridgehead atoms. The van der Waals surface area contributed by atoms with Gasteiger partial charge in [-0.3, -0.25) is 0 Å². The van der Waals surface area contributed by atoms with Crippen LogP contribution < -0.4 is 0 Å². The number of hydrogen-bond donors (Lipinski definition) is 1. The van der Waals surface area contributed by atoms with Crippen molar-refractivity contribution in [1.29, 1.82) is 0 Å². The van der Waals surface area contributed by atoms with Gasteiger partial charge in [0.25, 0.3) is 0 Å². The molecule has 1 fully saturated rings. The zero-order chi connectivity index (χ0) is 8.48. The highest BCUT2D eigenvalue weighted by molar-refractivity contribution is 6.77. The Bertz CT molecular complexity index is 120.